The van der Waals surface area contributed by atoms with Crippen LogP contribution in [-0.4, -0.2) is 36.5 Å². The lowest BCUT2D eigenvalue weighted by atomic mass is 10.1. The summed E-state index contributed by atoms with van der Waals surface area (Å²) in [5.41, 5.74) is 0.244. The topological polar surface area (TPSA) is 41.9 Å². The minimum Gasteiger partial charge on any atom is -0.456 e. The Balaban J connectivity index is 1.90. The van der Waals surface area contributed by atoms with E-state index in [1.807, 2.05) is 0 Å². The molecule has 0 radical (unpaired) electrons. The van der Waals surface area contributed by atoms with Gasteiger partial charge in [-0.3, -0.25) is 0 Å². The fourth-order valence-corrected chi connectivity index (χ4v) is 3.46. The van der Waals surface area contributed by atoms with E-state index in [9.17, 15) is 40.2 Å². The summed E-state index contributed by atoms with van der Waals surface area (Å²) in [5.74, 6) is -1.02. The van der Waals surface area contributed by atoms with E-state index < -0.39 is 42.9 Å². The summed E-state index contributed by atoms with van der Waals surface area (Å²) < 4.78 is 115. The summed E-state index contributed by atoms with van der Waals surface area (Å²) in [7, 11) is 0. The second-order valence-electron chi connectivity index (χ2n) is 7.72. The van der Waals surface area contributed by atoms with Gasteiger partial charge >= 0.3 is 18.7 Å². The largest absolute Gasteiger partial charge is 0.461 e. The van der Waals surface area contributed by atoms with E-state index in [0.29, 0.717) is 4.47 Å². The number of alkyl halides is 7. The first-order chi connectivity index (χ1) is 17.2. The summed E-state index contributed by atoms with van der Waals surface area (Å²) in [6.07, 6.45) is -16.6. The Bertz CT molecular complexity index is 1210. The molecule has 0 saturated heterocycles. The van der Waals surface area contributed by atoms with Crippen molar-refractivity contribution in [3.63, 3.8) is 0 Å². The van der Waals surface area contributed by atoms with Crippen molar-refractivity contribution in [2.45, 2.75) is 31.4 Å². The number of hydrogen-bond acceptors (Lipinski definition) is 4. The molecule has 4 nitrogen and oxygen atoms in total. The third kappa shape index (κ3) is 7.96. The van der Waals surface area contributed by atoms with E-state index in [4.69, 9.17) is 4.74 Å². The summed E-state index contributed by atoms with van der Waals surface area (Å²) in [6, 6.07) is 13.8. The van der Waals surface area contributed by atoms with Gasteiger partial charge in [0.05, 0.1) is 11.0 Å². The average Bonchev–Trinajstić information content (AvgIpc) is 2.80. The molecule has 0 aliphatic rings. The van der Waals surface area contributed by atoms with Gasteiger partial charge in [-0.25, -0.2) is 4.39 Å². The van der Waals surface area contributed by atoms with E-state index in [-0.39, 0.29) is 29.3 Å². The monoisotopic (exact) mass is 599 g/mol. The van der Waals surface area contributed by atoms with Crippen LogP contribution in [0, 0.1) is 5.82 Å². The van der Waals surface area contributed by atoms with Crippen LogP contribution in [0.1, 0.15) is 5.56 Å². The lowest BCUT2D eigenvalue weighted by Crippen LogP contribution is -2.40. The highest BCUT2D eigenvalue weighted by molar-refractivity contribution is 9.10. The third-order valence-corrected chi connectivity index (χ3v) is 5.51. The number of halogens is 9. The van der Waals surface area contributed by atoms with Gasteiger partial charge in [-0.1, -0.05) is 18.2 Å². The molecule has 0 spiro atoms. The molecule has 0 unspecified atom stereocenters. The van der Waals surface area contributed by atoms with E-state index in [2.05, 4.69) is 20.7 Å². The van der Waals surface area contributed by atoms with E-state index in [1.54, 1.807) is 0 Å². The second-order valence-corrected chi connectivity index (χ2v) is 8.58. The molecule has 200 valence electrons. The Morgan fingerprint density at radius 3 is 2.24 bits per heavy atom. The van der Waals surface area contributed by atoms with Crippen LogP contribution in [0.4, 0.5) is 40.8 Å². The fraction of sp³-hybridized carbons (Fsp3) is 0.250. The number of ether oxygens (including phenoxy) is 2. The lowest BCUT2D eigenvalue weighted by molar-refractivity contribution is -0.253. The van der Waals surface area contributed by atoms with Crippen molar-refractivity contribution < 1.29 is 49.7 Å². The standard InChI is InChI=1S/C24H18BrF8NO3/c25-19-8-7-15(26)10-20(19)36-17-5-2-4-16(11-17)34(13-21(35)23(29,30)31)12-14-3-1-6-18(9-14)37-24(32,33)22(27)28/h1-11,21-22,35H,12-13H2/t21-/m1/s1. The highest BCUT2D eigenvalue weighted by Gasteiger charge is 2.44. The molecule has 0 aromatic heterocycles. The number of rotatable bonds is 10. The number of hydrogen-bond donors (Lipinski definition) is 1. The van der Waals surface area contributed by atoms with Gasteiger partial charge in [0, 0.05) is 24.4 Å². The van der Waals surface area contributed by atoms with Gasteiger partial charge in [-0.2, -0.15) is 30.7 Å². The normalized spacial score (nSPS) is 12.9. The maximum atomic E-state index is 13.6. The third-order valence-electron chi connectivity index (χ3n) is 4.85. The zero-order valence-electron chi connectivity index (χ0n) is 18.5. The highest BCUT2D eigenvalue weighted by Crippen LogP contribution is 2.34. The van der Waals surface area contributed by atoms with E-state index in [0.717, 1.165) is 23.1 Å². The molecule has 3 aromatic carbocycles. The molecule has 0 aliphatic heterocycles. The summed E-state index contributed by atoms with van der Waals surface area (Å²) in [6.45, 7) is -1.33. The number of aliphatic hydroxyl groups is 1. The predicted octanol–water partition coefficient (Wildman–Crippen LogP) is 7.55. The minimum absolute atomic E-state index is 0.0869. The van der Waals surface area contributed by atoms with Crippen LogP contribution in [0.25, 0.3) is 0 Å². The maximum absolute atomic E-state index is 13.6. The van der Waals surface area contributed by atoms with Gasteiger partial charge in [-0.05, 0) is 57.9 Å². The van der Waals surface area contributed by atoms with E-state index >= 15 is 0 Å². The lowest BCUT2D eigenvalue weighted by Gasteiger charge is -2.29. The number of aliphatic hydroxyl groups excluding tert-OH is 1. The first kappa shape index (κ1) is 28.5. The van der Waals surface area contributed by atoms with E-state index in [1.165, 1.54) is 48.5 Å². The van der Waals surface area contributed by atoms with Crippen molar-refractivity contribution in [3.8, 4) is 17.2 Å². The maximum Gasteiger partial charge on any atom is 0.461 e. The van der Waals surface area contributed by atoms with Crippen LogP contribution < -0.4 is 14.4 Å². The zero-order chi connectivity index (χ0) is 27.4. The van der Waals surface area contributed by atoms with Crippen LogP contribution in [0.15, 0.2) is 71.2 Å². The molecule has 0 fully saturated rings. The van der Waals surface area contributed by atoms with Crippen LogP contribution in [0.2, 0.25) is 0 Å². The van der Waals surface area contributed by atoms with Crippen LogP contribution in [-0.2, 0) is 6.54 Å². The summed E-state index contributed by atoms with van der Waals surface area (Å²) in [4.78, 5) is 1.08. The molecule has 13 heteroatoms. The molecule has 0 heterocycles. The van der Waals surface area contributed by atoms with Gasteiger partial charge in [0.25, 0.3) is 0 Å². The Hall–Kier alpha value is -3.06. The molecule has 1 atom stereocenters. The highest BCUT2D eigenvalue weighted by atomic mass is 79.9. The Morgan fingerprint density at radius 1 is 0.892 bits per heavy atom. The SMILES string of the molecule is O[C@H](CN(Cc1cccc(OC(F)(F)C(F)F)c1)c1cccc(Oc2cc(F)ccc2Br)c1)C(F)(F)F. The molecule has 3 rings (SSSR count). The van der Waals surface area contributed by atoms with Crippen molar-refractivity contribution in [1.29, 1.82) is 0 Å². The van der Waals surface area contributed by atoms with Crippen molar-refractivity contribution in [1.82, 2.24) is 0 Å². The smallest absolute Gasteiger partial charge is 0.456 e. The molecule has 0 saturated carbocycles. The van der Waals surface area contributed by atoms with Gasteiger partial charge in [0.1, 0.15) is 23.1 Å². The van der Waals surface area contributed by atoms with Crippen LogP contribution >= 0.6 is 15.9 Å². The number of benzene rings is 3. The molecular formula is C24H18BrF8NO3. The van der Waals surface area contributed by atoms with Crippen LogP contribution in [0.5, 0.6) is 17.2 Å². The molecular weight excluding hydrogens is 582 g/mol. The van der Waals surface area contributed by atoms with Crippen molar-refractivity contribution in [2.75, 3.05) is 11.4 Å². The van der Waals surface area contributed by atoms with Gasteiger partial charge in [0.15, 0.2) is 6.10 Å². The Morgan fingerprint density at radius 2 is 1.57 bits per heavy atom. The molecule has 37 heavy (non-hydrogen) atoms. The quantitative estimate of drug-likeness (QED) is 0.244. The molecule has 0 aliphatic carbocycles. The molecule has 3 aromatic rings. The number of nitrogens with zero attached hydrogens (tertiary/aromatic N) is 1. The zero-order valence-corrected chi connectivity index (χ0v) is 20.1. The van der Waals surface area contributed by atoms with Crippen molar-refractivity contribution in [2.24, 2.45) is 0 Å². The fourth-order valence-electron chi connectivity index (χ4n) is 3.13. The predicted molar refractivity (Wildman–Crippen MR) is 122 cm³/mol. The second kappa shape index (κ2) is 11.5. The average molecular weight is 600 g/mol. The number of anilines is 1. The molecule has 0 amide bonds. The minimum atomic E-state index is -4.97. The first-order valence-electron chi connectivity index (χ1n) is 10.4. The molecule has 1 N–H and O–H groups in total. The summed E-state index contributed by atoms with van der Waals surface area (Å²) >= 11 is 3.20. The summed E-state index contributed by atoms with van der Waals surface area (Å²) in [5, 5.41) is 9.68. The van der Waals surface area contributed by atoms with Gasteiger partial charge < -0.3 is 19.5 Å². The first-order valence-corrected chi connectivity index (χ1v) is 11.2. The Labute approximate surface area is 214 Å². The van der Waals surface area contributed by atoms with Crippen LogP contribution in [0.3, 0.4) is 0 Å². The van der Waals surface area contributed by atoms with Gasteiger partial charge in [-0.15, -0.1) is 0 Å². The Kier molecular flexibility index (Phi) is 8.90. The van der Waals surface area contributed by atoms with Crippen molar-refractivity contribution in [3.05, 3.63) is 82.6 Å². The van der Waals surface area contributed by atoms with Crippen molar-refractivity contribution >= 4 is 21.6 Å². The molecule has 0 bridgehead atoms. The van der Waals surface area contributed by atoms with Gasteiger partial charge in [0.2, 0.25) is 0 Å².